The lowest BCUT2D eigenvalue weighted by molar-refractivity contribution is 0.0786. The molecule has 0 radical (unpaired) electrons. The van der Waals surface area contributed by atoms with E-state index in [9.17, 15) is 4.79 Å². The van der Waals surface area contributed by atoms with Crippen molar-refractivity contribution < 1.29 is 9.90 Å². The number of likely N-dealkylation sites (tertiary alicyclic amines) is 1. The predicted molar refractivity (Wildman–Crippen MR) is 77.3 cm³/mol. The molecule has 0 aliphatic carbocycles. The number of hydrogen-bond donors (Lipinski definition) is 2. The molecule has 4 nitrogen and oxygen atoms in total. The molecule has 19 heavy (non-hydrogen) atoms. The molecule has 1 saturated heterocycles. The fraction of sp³-hybridized carbons (Fsp3) is 0.357. The second-order valence-corrected chi connectivity index (χ2v) is 6.08. The van der Waals surface area contributed by atoms with Crippen molar-refractivity contribution in [1.29, 1.82) is 0 Å². The molecule has 0 bridgehead atoms. The van der Waals surface area contributed by atoms with E-state index in [1.807, 2.05) is 29.2 Å². The number of nitrogen functional groups attached to an aromatic ring is 1. The van der Waals surface area contributed by atoms with Crippen molar-refractivity contribution in [1.82, 2.24) is 4.90 Å². The average Bonchev–Trinajstić information content (AvgIpc) is 3.03. The van der Waals surface area contributed by atoms with Gasteiger partial charge in [-0.2, -0.15) is 0 Å². The molecule has 1 atom stereocenters. The summed E-state index contributed by atoms with van der Waals surface area (Å²) in [6.45, 7) is 1.55. The van der Waals surface area contributed by atoms with Crippen molar-refractivity contribution in [3.05, 3.63) is 29.1 Å². The smallest absolute Gasteiger partial charge is 0.263 e. The van der Waals surface area contributed by atoms with Gasteiger partial charge in [0.1, 0.15) is 0 Å². The summed E-state index contributed by atoms with van der Waals surface area (Å²) in [5.41, 5.74) is 6.46. The standard InChI is InChI=1S/C14H16N2O2S/c15-11-1-2-12-10(5-11)6-13(19-12)14(18)16-4-3-9(7-16)8-17/h1-2,5-6,9,17H,3-4,7-8,15H2. The van der Waals surface area contributed by atoms with Gasteiger partial charge in [-0.1, -0.05) is 0 Å². The van der Waals surface area contributed by atoms with Crippen molar-refractivity contribution in [2.45, 2.75) is 6.42 Å². The van der Waals surface area contributed by atoms with E-state index in [0.29, 0.717) is 12.2 Å². The highest BCUT2D eigenvalue weighted by molar-refractivity contribution is 7.20. The Morgan fingerprint density at radius 3 is 3.05 bits per heavy atom. The lowest BCUT2D eigenvalue weighted by Crippen LogP contribution is -2.28. The number of rotatable bonds is 2. The first-order valence-electron chi connectivity index (χ1n) is 6.36. The molecular formula is C14H16N2O2S. The third kappa shape index (κ3) is 2.31. The van der Waals surface area contributed by atoms with Crippen LogP contribution in [0.15, 0.2) is 24.3 Å². The fourth-order valence-electron chi connectivity index (χ4n) is 2.49. The summed E-state index contributed by atoms with van der Waals surface area (Å²) in [5, 5.41) is 10.2. The number of aliphatic hydroxyl groups excluding tert-OH is 1. The predicted octanol–water partition coefficient (Wildman–Crippen LogP) is 1.94. The third-order valence-electron chi connectivity index (χ3n) is 3.58. The molecule has 1 aliphatic rings. The van der Waals surface area contributed by atoms with Gasteiger partial charge in [-0.15, -0.1) is 11.3 Å². The number of nitrogens with two attached hydrogens (primary N) is 1. The van der Waals surface area contributed by atoms with Crippen LogP contribution in [0.3, 0.4) is 0 Å². The molecule has 5 heteroatoms. The van der Waals surface area contributed by atoms with Gasteiger partial charge in [0.2, 0.25) is 0 Å². The maximum Gasteiger partial charge on any atom is 0.263 e. The van der Waals surface area contributed by atoms with E-state index in [2.05, 4.69) is 0 Å². The van der Waals surface area contributed by atoms with Gasteiger partial charge in [-0.3, -0.25) is 4.79 Å². The topological polar surface area (TPSA) is 66.6 Å². The summed E-state index contributed by atoms with van der Waals surface area (Å²) in [7, 11) is 0. The molecule has 3 N–H and O–H groups in total. The van der Waals surface area contributed by atoms with Gasteiger partial charge in [0.15, 0.2) is 0 Å². The molecule has 1 aromatic heterocycles. The number of nitrogens with zero attached hydrogens (tertiary/aromatic N) is 1. The number of fused-ring (bicyclic) bond motifs is 1. The summed E-state index contributed by atoms with van der Waals surface area (Å²) in [6, 6.07) is 7.60. The molecule has 0 spiro atoms. The highest BCUT2D eigenvalue weighted by atomic mass is 32.1. The highest BCUT2D eigenvalue weighted by Gasteiger charge is 2.27. The van der Waals surface area contributed by atoms with Crippen LogP contribution in [0, 0.1) is 5.92 Å². The van der Waals surface area contributed by atoms with Crippen LogP contribution in [0.2, 0.25) is 0 Å². The lowest BCUT2D eigenvalue weighted by Gasteiger charge is -2.14. The van der Waals surface area contributed by atoms with Crippen LogP contribution in [0.1, 0.15) is 16.1 Å². The molecule has 0 saturated carbocycles. The van der Waals surface area contributed by atoms with Crippen molar-refractivity contribution in [2.24, 2.45) is 5.92 Å². The van der Waals surface area contributed by atoms with E-state index in [1.54, 1.807) is 0 Å². The Morgan fingerprint density at radius 1 is 1.47 bits per heavy atom. The molecule has 100 valence electrons. The molecule has 3 rings (SSSR count). The third-order valence-corrected chi connectivity index (χ3v) is 4.69. The second kappa shape index (κ2) is 4.83. The SMILES string of the molecule is Nc1ccc2sc(C(=O)N3CCC(CO)C3)cc2c1. The summed E-state index contributed by atoms with van der Waals surface area (Å²) in [6.07, 6.45) is 0.889. The second-order valence-electron chi connectivity index (χ2n) is 5.00. The number of benzene rings is 1. The molecule has 1 unspecified atom stereocenters. The lowest BCUT2D eigenvalue weighted by atomic mass is 10.1. The zero-order chi connectivity index (χ0) is 13.4. The number of anilines is 1. The Balaban J connectivity index is 1.86. The molecule has 1 fully saturated rings. The first-order chi connectivity index (χ1) is 9.17. The Bertz CT molecular complexity index is 623. The van der Waals surface area contributed by atoms with E-state index in [0.717, 1.165) is 27.9 Å². The van der Waals surface area contributed by atoms with Crippen LogP contribution in [0.4, 0.5) is 5.69 Å². The van der Waals surface area contributed by atoms with Gasteiger partial charge in [0, 0.05) is 36.0 Å². The van der Waals surface area contributed by atoms with Crippen molar-refractivity contribution in [3.63, 3.8) is 0 Å². The zero-order valence-corrected chi connectivity index (χ0v) is 11.3. The number of amides is 1. The van der Waals surface area contributed by atoms with Crippen LogP contribution < -0.4 is 5.73 Å². The first-order valence-corrected chi connectivity index (χ1v) is 7.18. The number of hydrogen-bond acceptors (Lipinski definition) is 4. The fourth-order valence-corrected chi connectivity index (χ4v) is 3.50. The minimum absolute atomic E-state index is 0.0655. The summed E-state index contributed by atoms with van der Waals surface area (Å²) in [5.74, 6) is 0.296. The number of thiophene rings is 1. The number of carbonyl (C=O) groups excluding carboxylic acids is 1. The summed E-state index contributed by atoms with van der Waals surface area (Å²) < 4.78 is 1.08. The van der Waals surface area contributed by atoms with E-state index >= 15 is 0 Å². The Hall–Kier alpha value is -1.59. The molecule has 2 heterocycles. The van der Waals surface area contributed by atoms with Gasteiger partial charge in [0.05, 0.1) is 4.88 Å². The van der Waals surface area contributed by atoms with Gasteiger partial charge >= 0.3 is 0 Å². The number of carbonyl (C=O) groups is 1. The minimum Gasteiger partial charge on any atom is -0.399 e. The van der Waals surface area contributed by atoms with Crippen LogP contribution >= 0.6 is 11.3 Å². The maximum atomic E-state index is 12.4. The first kappa shape index (κ1) is 12.4. The van der Waals surface area contributed by atoms with E-state index in [4.69, 9.17) is 10.8 Å². The Kier molecular flexibility index (Phi) is 3.16. The van der Waals surface area contributed by atoms with E-state index in [-0.39, 0.29) is 18.4 Å². The van der Waals surface area contributed by atoms with Crippen molar-refractivity contribution in [2.75, 3.05) is 25.4 Å². The van der Waals surface area contributed by atoms with Crippen LogP contribution in [0.25, 0.3) is 10.1 Å². The molecule has 2 aromatic rings. The molecule has 1 aromatic carbocycles. The van der Waals surface area contributed by atoms with Gasteiger partial charge in [-0.25, -0.2) is 0 Å². The zero-order valence-electron chi connectivity index (χ0n) is 10.5. The average molecular weight is 276 g/mol. The normalized spacial score (nSPS) is 19.2. The monoisotopic (exact) mass is 276 g/mol. The Labute approximate surface area is 115 Å². The molecule has 1 aliphatic heterocycles. The minimum atomic E-state index is 0.0655. The van der Waals surface area contributed by atoms with Crippen LogP contribution in [-0.4, -0.2) is 35.6 Å². The maximum absolute atomic E-state index is 12.4. The highest BCUT2D eigenvalue weighted by Crippen LogP contribution is 2.29. The quantitative estimate of drug-likeness (QED) is 0.824. The van der Waals surface area contributed by atoms with Crippen LogP contribution in [-0.2, 0) is 0 Å². The number of aliphatic hydroxyl groups is 1. The molecule has 1 amide bonds. The van der Waals surface area contributed by atoms with Crippen molar-refractivity contribution >= 4 is 33.0 Å². The van der Waals surface area contributed by atoms with Gasteiger partial charge in [-0.05, 0) is 36.1 Å². The molecular weight excluding hydrogens is 260 g/mol. The van der Waals surface area contributed by atoms with E-state index in [1.165, 1.54) is 11.3 Å². The summed E-state index contributed by atoms with van der Waals surface area (Å²) >= 11 is 1.50. The van der Waals surface area contributed by atoms with Crippen molar-refractivity contribution in [3.8, 4) is 0 Å². The van der Waals surface area contributed by atoms with Gasteiger partial charge < -0.3 is 15.7 Å². The largest absolute Gasteiger partial charge is 0.399 e. The van der Waals surface area contributed by atoms with Gasteiger partial charge in [0.25, 0.3) is 5.91 Å². The van der Waals surface area contributed by atoms with E-state index < -0.39 is 0 Å². The van der Waals surface area contributed by atoms with Crippen LogP contribution in [0.5, 0.6) is 0 Å². The Morgan fingerprint density at radius 2 is 2.32 bits per heavy atom. The summed E-state index contributed by atoms with van der Waals surface area (Å²) in [4.78, 5) is 15.0.